The van der Waals surface area contributed by atoms with E-state index in [1.807, 2.05) is 19.0 Å². The van der Waals surface area contributed by atoms with Gasteiger partial charge in [-0.1, -0.05) is 23.4 Å². The Labute approximate surface area is 196 Å². The molecular formula is C23H25ClN4O3S. The Balaban J connectivity index is 1.71. The molecule has 1 aliphatic heterocycles. The molecule has 32 heavy (non-hydrogen) atoms. The zero-order chi connectivity index (χ0) is 23.3. The minimum atomic E-state index is -0.556. The summed E-state index contributed by atoms with van der Waals surface area (Å²) in [4.78, 5) is 45.3. The Morgan fingerprint density at radius 3 is 2.38 bits per heavy atom. The van der Waals surface area contributed by atoms with Gasteiger partial charge in [-0.25, -0.2) is 4.99 Å². The van der Waals surface area contributed by atoms with E-state index in [-0.39, 0.29) is 24.0 Å². The molecule has 2 aromatic carbocycles. The summed E-state index contributed by atoms with van der Waals surface area (Å²) in [5.74, 6) is -0.445. The number of amidine groups is 1. The number of aliphatic imine (C=N–C) groups is 1. The van der Waals surface area contributed by atoms with Gasteiger partial charge < -0.3 is 10.2 Å². The van der Waals surface area contributed by atoms with Gasteiger partial charge in [0.05, 0.1) is 5.69 Å². The fourth-order valence-electron chi connectivity index (χ4n) is 3.03. The second-order valence-corrected chi connectivity index (χ2v) is 9.26. The molecule has 0 bridgehead atoms. The average molecular weight is 473 g/mol. The SMILES string of the molecule is CC(=O)c1ccc(NC(=O)CC2SC(=Nc3ccc(Cl)cc3)N(CCN(C)C)C2=O)cc1. The third-order valence-corrected chi connectivity index (χ3v) is 6.22. The Kier molecular flexibility index (Phi) is 8.06. The predicted molar refractivity (Wildman–Crippen MR) is 130 cm³/mol. The Hall–Kier alpha value is -2.68. The molecule has 0 radical (unpaired) electrons. The summed E-state index contributed by atoms with van der Waals surface area (Å²) in [5.41, 5.74) is 1.84. The molecule has 1 N–H and O–H groups in total. The van der Waals surface area contributed by atoms with Crippen LogP contribution >= 0.6 is 23.4 Å². The largest absolute Gasteiger partial charge is 0.326 e. The Bertz CT molecular complexity index is 1020. The topological polar surface area (TPSA) is 82.1 Å². The summed E-state index contributed by atoms with van der Waals surface area (Å²) in [5, 5.41) is 3.42. The number of amides is 2. The summed E-state index contributed by atoms with van der Waals surface area (Å²) >= 11 is 7.24. The second-order valence-electron chi connectivity index (χ2n) is 7.66. The number of nitrogens with one attached hydrogen (secondary N) is 1. The van der Waals surface area contributed by atoms with E-state index in [2.05, 4.69) is 10.3 Å². The fourth-order valence-corrected chi connectivity index (χ4v) is 4.34. The van der Waals surface area contributed by atoms with E-state index in [0.29, 0.717) is 40.2 Å². The van der Waals surface area contributed by atoms with Gasteiger partial charge in [-0.05, 0) is 69.6 Å². The molecular weight excluding hydrogens is 448 g/mol. The zero-order valence-electron chi connectivity index (χ0n) is 18.2. The van der Waals surface area contributed by atoms with Crippen LogP contribution in [-0.4, -0.2) is 65.0 Å². The highest BCUT2D eigenvalue weighted by molar-refractivity contribution is 8.15. The first-order valence-electron chi connectivity index (χ1n) is 10.1. The maximum Gasteiger partial charge on any atom is 0.242 e. The molecule has 1 saturated heterocycles. The lowest BCUT2D eigenvalue weighted by Crippen LogP contribution is -2.38. The third-order valence-electron chi connectivity index (χ3n) is 4.79. The van der Waals surface area contributed by atoms with E-state index in [1.54, 1.807) is 53.4 Å². The summed E-state index contributed by atoms with van der Waals surface area (Å²) in [6.45, 7) is 2.64. The lowest BCUT2D eigenvalue weighted by molar-refractivity contribution is -0.128. The van der Waals surface area contributed by atoms with Crippen molar-refractivity contribution in [1.29, 1.82) is 0 Å². The number of likely N-dealkylation sites (N-methyl/N-ethyl adjacent to an activating group) is 1. The van der Waals surface area contributed by atoms with Gasteiger partial charge in [0, 0.05) is 35.8 Å². The molecule has 9 heteroatoms. The molecule has 7 nitrogen and oxygen atoms in total. The van der Waals surface area contributed by atoms with Crippen LogP contribution in [0.4, 0.5) is 11.4 Å². The van der Waals surface area contributed by atoms with Crippen LogP contribution in [0.1, 0.15) is 23.7 Å². The monoisotopic (exact) mass is 472 g/mol. The minimum absolute atomic E-state index is 0.0239. The van der Waals surface area contributed by atoms with Crippen molar-refractivity contribution in [2.75, 3.05) is 32.5 Å². The normalized spacial score (nSPS) is 17.3. The first-order chi connectivity index (χ1) is 15.2. The number of halogens is 1. The standard InChI is InChI=1S/C23H25ClN4O3S/c1-15(29)16-4-8-18(9-5-16)25-21(30)14-20-22(31)28(13-12-27(2)3)23(32-20)26-19-10-6-17(24)7-11-19/h4-11,20H,12-14H2,1-3H3,(H,25,30). The van der Waals surface area contributed by atoms with Gasteiger partial charge in [-0.2, -0.15) is 0 Å². The van der Waals surface area contributed by atoms with Gasteiger partial charge in [0.2, 0.25) is 11.8 Å². The molecule has 2 amide bonds. The van der Waals surface area contributed by atoms with Crippen molar-refractivity contribution in [2.45, 2.75) is 18.6 Å². The molecule has 2 aromatic rings. The first-order valence-corrected chi connectivity index (χ1v) is 11.4. The van der Waals surface area contributed by atoms with Crippen molar-refractivity contribution in [1.82, 2.24) is 9.80 Å². The van der Waals surface area contributed by atoms with Gasteiger partial charge in [-0.15, -0.1) is 0 Å². The minimum Gasteiger partial charge on any atom is -0.326 e. The van der Waals surface area contributed by atoms with Crippen molar-refractivity contribution in [2.24, 2.45) is 4.99 Å². The van der Waals surface area contributed by atoms with Crippen LogP contribution in [0.25, 0.3) is 0 Å². The molecule has 3 rings (SSSR count). The van der Waals surface area contributed by atoms with Gasteiger partial charge in [-0.3, -0.25) is 19.3 Å². The van der Waals surface area contributed by atoms with Crippen LogP contribution in [0.15, 0.2) is 53.5 Å². The predicted octanol–water partition coefficient (Wildman–Crippen LogP) is 4.06. The van der Waals surface area contributed by atoms with Gasteiger partial charge in [0.1, 0.15) is 5.25 Å². The maximum atomic E-state index is 13.0. The second kappa shape index (κ2) is 10.8. The number of ketones is 1. The van der Waals surface area contributed by atoms with Crippen molar-refractivity contribution in [3.05, 3.63) is 59.1 Å². The number of Topliss-reactive ketones (excluding diaryl/α,β-unsaturated/α-hetero) is 1. The first kappa shape index (κ1) is 24.0. The van der Waals surface area contributed by atoms with Crippen LogP contribution < -0.4 is 5.32 Å². The smallest absolute Gasteiger partial charge is 0.242 e. The molecule has 1 unspecified atom stereocenters. The summed E-state index contributed by atoms with van der Waals surface area (Å²) in [7, 11) is 3.87. The van der Waals surface area contributed by atoms with Crippen LogP contribution in [-0.2, 0) is 9.59 Å². The highest BCUT2D eigenvalue weighted by atomic mass is 35.5. The van der Waals surface area contributed by atoms with E-state index < -0.39 is 5.25 Å². The number of anilines is 1. The van der Waals surface area contributed by atoms with Crippen molar-refractivity contribution in [3.63, 3.8) is 0 Å². The zero-order valence-corrected chi connectivity index (χ0v) is 19.7. The van der Waals surface area contributed by atoms with Crippen LogP contribution in [0.2, 0.25) is 5.02 Å². The molecule has 0 spiro atoms. The van der Waals surface area contributed by atoms with E-state index in [4.69, 9.17) is 11.6 Å². The van der Waals surface area contributed by atoms with Crippen molar-refractivity contribution in [3.8, 4) is 0 Å². The number of carbonyl (C=O) groups is 3. The van der Waals surface area contributed by atoms with Crippen molar-refractivity contribution >= 4 is 57.5 Å². The molecule has 1 aliphatic rings. The molecule has 1 atom stereocenters. The molecule has 168 valence electrons. The number of carbonyl (C=O) groups excluding carboxylic acids is 3. The van der Waals surface area contributed by atoms with Crippen molar-refractivity contribution < 1.29 is 14.4 Å². The number of benzene rings is 2. The highest BCUT2D eigenvalue weighted by Gasteiger charge is 2.39. The molecule has 1 fully saturated rings. The van der Waals surface area contributed by atoms with Gasteiger partial charge in [0.25, 0.3) is 0 Å². The van der Waals surface area contributed by atoms with Crippen LogP contribution in [0, 0.1) is 0 Å². The third kappa shape index (κ3) is 6.41. The van der Waals surface area contributed by atoms with E-state index >= 15 is 0 Å². The number of thioether (sulfide) groups is 1. The van der Waals surface area contributed by atoms with E-state index in [9.17, 15) is 14.4 Å². The Morgan fingerprint density at radius 1 is 1.12 bits per heavy atom. The van der Waals surface area contributed by atoms with Gasteiger partial charge >= 0.3 is 0 Å². The lowest BCUT2D eigenvalue weighted by atomic mass is 10.1. The summed E-state index contributed by atoms with van der Waals surface area (Å²) < 4.78 is 0. The maximum absolute atomic E-state index is 13.0. The summed E-state index contributed by atoms with van der Waals surface area (Å²) in [6.07, 6.45) is 0.0239. The number of nitrogens with zero attached hydrogens (tertiary/aromatic N) is 3. The number of hydrogen-bond donors (Lipinski definition) is 1. The fraction of sp³-hybridized carbons (Fsp3) is 0.304. The average Bonchev–Trinajstić information content (AvgIpc) is 3.02. The molecule has 0 aromatic heterocycles. The Morgan fingerprint density at radius 2 is 1.78 bits per heavy atom. The van der Waals surface area contributed by atoms with E-state index in [0.717, 1.165) is 0 Å². The van der Waals surface area contributed by atoms with Gasteiger partial charge in [0.15, 0.2) is 11.0 Å². The number of hydrogen-bond acceptors (Lipinski definition) is 6. The molecule has 1 heterocycles. The van der Waals surface area contributed by atoms with E-state index in [1.165, 1.54) is 18.7 Å². The van der Waals surface area contributed by atoms with Crippen LogP contribution in [0.3, 0.4) is 0 Å². The summed E-state index contributed by atoms with van der Waals surface area (Å²) in [6, 6.07) is 13.7. The molecule has 0 saturated carbocycles. The van der Waals surface area contributed by atoms with Crippen LogP contribution in [0.5, 0.6) is 0 Å². The molecule has 0 aliphatic carbocycles. The highest BCUT2D eigenvalue weighted by Crippen LogP contribution is 2.32. The lowest BCUT2D eigenvalue weighted by Gasteiger charge is -2.19. The quantitative estimate of drug-likeness (QED) is 0.586. The number of rotatable bonds is 8.